The predicted octanol–water partition coefficient (Wildman–Crippen LogP) is 1.01. The van der Waals surface area contributed by atoms with E-state index in [1.54, 1.807) is 12.1 Å². The fourth-order valence-corrected chi connectivity index (χ4v) is 1.47. The van der Waals surface area contributed by atoms with Gasteiger partial charge >= 0.3 is 0 Å². The number of carbonyl (C=O) groups is 1. The molecule has 6 nitrogen and oxygen atoms in total. The van der Waals surface area contributed by atoms with Gasteiger partial charge in [-0.15, -0.1) is 5.10 Å². The van der Waals surface area contributed by atoms with Gasteiger partial charge < -0.3 is 5.73 Å². The average molecular weight is 229 g/mol. The van der Waals surface area contributed by atoms with Crippen molar-refractivity contribution in [3.05, 3.63) is 41.7 Å². The molecule has 0 aliphatic carbocycles. The van der Waals surface area contributed by atoms with Gasteiger partial charge in [0.05, 0.1) is 18.0 Å². The molecule has 1 aromatic carbocycles. The molecule has 0 atom stereocenters. The first-order chi connectivity index (χ1) is 8.18. The van der Waals surface area contributed by atoms with Gasteiger partial charge in [-0.1, -0.05) is 12.1 Å². The molecule has 2 aromatic rings. The van der Waals surface area contributed by atoms with Crippen LogP contribution in [-0.2, 0) is 0 Å². The van der Waals surface area contributed by atoms with Crippen LogP contribution >= 0.6 is 0 Å². The van der Waals surface area contributed by atoms with E-state index in [-0.39, 0.29) is 11.9 Å². The largest absolute Gasteiger partial charge is 0.398 e. The Morgan fingerprint density at radius 2 is 2.18 bits per heavy atom. The summed E-state index contributed by atoms with van der Waals surface area (Å²) in [5.41, 5.74) is 7.41. The SMILES string of the molecule is Cc1cccc(N)c1C(=O)Nc1nccnn1. The van der Waals surface area contributed by atoms with E-state index in [0.717, 1.165) is 5.56 Å². The number of hydrogen-bond acceptors (Lipinski definition) is 5. The number of anilines is 2. The van der Waals surface area contributed by atoms with Crippen LogP contribution in [0.15, 0.2) is 30.6 Å². The lowest BCUT2D eigenvalue weighted by Crippen LogP contribution is -2.17. The van der Waals surface area contributed by atoms with Gasteiger partial charge in [0.15, 0.2) is 0 Å². The molecular weight excluding hydrogens is 218 g/mol. The Balaban J connectivity index is 2.27. The lowest BCUT2D eigenvalue weighted by Gasteiger charge is -2.08. The van der Waals surface area contributed by atoms with Crippen LogP contribution < -0.4 is 11.1 Å². The molecule has 0 radical (unpaired) electrons. The van der Waals surface area contributed by atoms with Crippen LogP contribution in [0, 0.1) is 6.92 Å². The molecule has 0 saturated carbocycles. The summed E-state index contributed by atoms with van der Waals surface area (Å²) < 4.78 is 0. The van der Waals surface area contributed by atoms with E-state index >= 15 is 0 Å². The van der Waals surface area contributed by atoms with Crippen LogP contribution in [0.4, 0.5) is 11.6 Å². The van der Waals surface area contributed by atoms with E-state index in [1.807, 2.05) is 13.0 Å². The fourth-order valence-electron chi connectivity index (χ4n) is 1.47. The maximum atomic E-state index is 12.0. The number of nitrogens with two attached hydrogens (primary N) is 1. The summed E-state index contributed by atoms with van der Waals surface area (Å²) in [5, 5.41) is 9.82. The number of nitrogen functional groups attached to an aromatic ring is 1. The molecule has 86 valence electrons. The minimum atomic E-state index is -0.339. The number of benzene rings is 1. The molecule has 0 spiro atoms. The van der Waals surface area contributed by atoms with Gasteiger partial charge in [0.2, 0.25) is 5.95 Å². The van der Waals surface area contributed by atoms with Crippen LogP contribution in [0.1, 0.15) is 15.9 Å². The van der Waals surface area contributed by atoms with Gasteiger partial charge in [-0.25, -0.2) is 4.98 Å². The Bertz CT molecular complexity index is 521. The molecule has 1 heterocycles. The molecular formula is C11H11N5O. The van der Waals surface area contributed by atoms with Crippen molar-refractivity contribution in [3.63, 3.8) is 0 Å². The Morgan fingerprint density at radius 3 is 2.82 bits per heavy atom. The second-order valence-corrected chi connectivity index (χ2v) is 3.46. The molecule has 1 aromatic heterocycles. The van der Waals surface area contributed by atoms with Gasteiger partial charge in [-0.05, 0) is 18.6 Å². The Hall–Kier alpha value is -2.50. The minimum absolute atomic E-state index is 0.153. The van der Waals surface area contributed by atoms with Gasteiger partial charge in [0.25, 0.3) is 5.91 Å². The highest BCUT2D eigenvalue weighted by Crippen LogP contribution is 2.16. The van der Waals surface area contributed by atoms with Crippen molar-refractivity contribution in [1.82, 2.24) is 15.2 Å². The van der Waals surface area contributed by atoms with Crippen molar-refractivity contribution in [2.45, 2.75) is 6.92 Å². The molecule has 2 rings (SSSR count). The zero-order valence-electron chi connectivity index (χ0n) is 9.21. The first-order valence-corrected chi connectivity index (χ1v) is 4.98. The zero-order valence-corrected chi connectivity index (χ0v) is 9.21. The second-order valence-electron chi connectivity index (χ2n) is 3.46. The first-order valence-electron chi connectivity index (χ1n) is 4.98. The number of carbonyl (C=O) groups excluding carboxylic acids is 1. The summed E-state index contributed by atoms with van der Waals surface area (Å²) in [6.07, 6.45) is 2.88. The van der Waals surface area contributed by atoms with Crippen LogP contribution in [0.3, 0.4) is 0 Å². The number of aryl methyl sites for hydroxylation is 1. The zero-order chi connectivity index (χ0) is 12.3. The molecule has 0 unspecified atom stereocenters. The highest BCUT2D eigenvalue weighted by atomic mass is 16.1. The standard InChI is InChI=1S/C11H11N5O/c1-7-3-2-4-8(12)9(7)10(17)15-11-13-5-6-14-16-11/h2-6H,12H2,1H3,(H,13,15,16,17). The van der Waals surface area contributed by atoms with E-state index < -0.39 is 0 Å². The van der Waals surface area contributed by atoms with Crippen LogP contribution in [0.25, 0.3) is 0 Å². The number of amides is 1. The topological polar surface area (TPSA) is 93.8 Å². The lowest BCUT2D eigenvalue weighted by molar-refractivity contribution is 0.102. The maximum Gasteiger partial charge on any atom is 0.260 e. The van der Waals surface area contributed by atoms with Crippen LogP contribution in [0.2, 0.25) is 0 Å². The van der Waals surface area contributed by atoms with E-state index in [0.29, 0.717) is 11.3 Å². The summed E-state index contributed by atoms with van der Waals surface area (Å²) >= 11 is 0. The van der Waals surface area contributed by atoms with Crippen molar-refractivity contribution in [1.29, 1.82) is 0 Å². The number of hydrogen-bond donors (Lipinski definition) is 2. The highest BCUT2D eigenvalue weighted by Gasteiger charge is 2.13. The summed E-state index contributed by atoms with van der Waals surface area (Å²) in [6.45, 7) is 1.81. The summed E-state index contributed by atoms with van der Waals surface area (Å²) in [5.74, 6) is -0.186. The first kappa shape index (κ1) is 11.0. The third kappa shape index (κ3) is 2.36. The smallest absolute Gasteiger partial charge is 0.260 e. The van der Waals surface area contributed by atoms with Crippen molar-refractivity contribution >= 4 is 17.5 Å². The molecule has 17 heavy (non-hydrogen) atoms. The molecule has 1 amide bonds. The number of rotatable bonds is 2. The monoisotopic (exact) mass is 229 g/mol. The Kier molecular flexibility index (Phi) is 2.95. The Morgan fingerprint density at radius 1 is 1.35 bits per heavy atom. The summed E-state index contributed by atoms with van der Waals surface area (Å²) in [4.78, 5) is 15.8. The Labute approximate surface area is 97.9 Å². The molecule has 3 N–H and O–H groups in total. The normalized spacial score (nSPS) is 9.94. The van der Waals surface area contributed by atoms with Crippen molar-refractivity contribution < 1.29 is 4.79 Å². The predicted molar refractivity (Wildman–Crippen MR) is 63.4 cm³/mol. The summed E-state index contributed by atoms with van der Waals surface area (Å²) in [6, 6.07) is 5.28. The highest BCUT2D eigenvalue weighted by molar-refractivity contribution is 6.07. The van der Waals surface area contributed by atoms with E-state index in [2.05, 4.69) is 20.5 Å². The lowest BCUT2D eigenvalue weighted by atomic mass is 10.1. The van der Waals surface area contributed by atoms with Crippen molar-refractivity contribution in [3.8, 4) is 0 Å². The van der Waals surface area contributed by atoms with E-state index in [1.165, 1.54) is 12.4 Å². The second kappa shape index (κ2) is 4.56. The van der Waals surface area contributed by atoms with E-state index in [4.69, 9.17) is 5.73 Å². The molecule has 0 bridgehead atoms. The molecule has 0 fully saturated rings. The quantitative estimate of drug-likeness (QED) is 0.749. The van der Waals surface area contributed by atoms with Crippen LogP contribution in [-0.4, -0.2) is 21.1 Å². The fraction of sp³-hybridized carbons (Fsp3) is 0.0909. The third-order valence-electron chi connectivity index (χ3n) is 2.24. The van der Waals surface area contributed by atoms with Gasteiger partial charge in [-0.3, -0.25) is 10.1 Å². The molecule has 0 aliphatic rings. The van der Waals surface area contributed by atoms with Crippen molar-refractivity contribution in [2.75, 3.05) is 11.1 Å². The third-order valence-corrected chi connectivity index (χ3v) is 2.24. The number of nitrogens with one attached hydrogen (secondary N) is 1. The molecule has 0 saturated heterocycles. The van der Waals surface area contributed by atoms with E-state index in [9.17, 15) is 4.79 Å². The maximum absolute atomic E-state index is 12.0. The van der Waals surface area contributed by atoms with Crippen molar-refractivity contribution in [2.24, 2.45) is 0 Å². The van der Waals surface area contributed by atoms with Crippen LogP contribution in [0.5, 0.6) is 0 Å². The number of aromatic nitrogens is 3. The molecule has 0 aliphatic heterocycles. The van der Waals surface area contributed by atoms with Gasteiger partial charge in [0, 0.05) is 5.69 Å². The van der Waals surface area contributed by atoms with Gasteiger partial charge in [0.1, 0.15) is 0 Å². The molecule has 6 heteroatoms. The number of nitrogens with zero attached hydrogens (tertiary/aromatic N) is 3. The average Bonchev–Trinajstić information content (AvgIpc) is 2.30. The summed E-state index contributed by atoms with van der Waals surface area (Å²) in [7, 11) is 0. The minimum Gasteiger partial charge on any atom is -0.398 e. The van der Waals surface area contributed by atoms with Gasteiger partial charge in [-0.2, -0.15) is 5.10 Å².